The Morgan fingerprint density at radius 1 is 1.11 bits per heavy atom. The van der Waals surface area contributed by atoms with Crippen molar-refractivity contribution < 1.29 is 14.4 Å². The van der Waals surface area contributed by atoms with Crippen LogP contribution in [0.5, 0.6) is 0 Å². The summed E-state index contributed by atoms with van der Waals surface area (Å²) in [7, 11) is 0. The molecule has 6 nitrogen and oxygen atoms in total. The molecule has 1 saturated heterocycles. The van der Waals surface area contributed by atoms with Gasteiger partial charge in [0.05, 0.1) is 15.9 Å². The van der Waals surface area contributed by atoms with E-state index >= 15 is 0 Å². The van der Waals surface area contributed by atoms with Gasteiger partial charge in [-0.1, -0.05) is 18.2 Å². The molecule has 0 aliphatic carbocycles. The lowest BCUT2D eigenvalue weighted by molar-refractivity contribution is -0.130. The standard InChI is InChI=1S/C20H19N3O3S/c1-13-12-22(19(25)14-5-3-2-4-6-14)8-9-23(13)20(26)18(24)16-11-17-15(21-16)7-10-27-17/h2-7,10-11,13,21H,8-9,12H2,1H3/t13-/m1/s1. The van der Waals surface area contributed by atoms with Gasteiger partial charge in [0.25, 0.3) is 17.6 Å². The maximum absolute atomic E-state index is 12.7. The molecule has 3 aromatic rings. The first-order valence-electron chi connectivity index (χ1n) is 8.80. The highest BCUT2D eigenvalue weighted by molar-refractivity contribution is 7.17. The quantitative estimate of drug-likeness (QED) is 0.560. The first-order valence-corrected chi connectivity index (χ1v) is 9.68. The van der Waals surface area contributed by atoms with E-state index in [1.54, 1.807) is 28.0 Å². The lowest BCUT2D eigenvalue weighted by Crippen LogP contribution is -2.56. The number of hydrogen-bond donors (Lipinski definition) is 1. The van der Waals surface area contributed by atoms with Crippen LogP contribution in [0, 0.1) is 0 Å². The summed E-state index contributed by atoms with van der Waals surface area (Å²) in [5, 5.41) is 1.93. The van der Waals surface area contributed by atoms with Crippen LogP contribution in [0.4, 0.5) is 0 Å². The average Bonchev–Trinajstić information content (AvgIpc) is 3.29. The number of benzene rings is 1. The van der Waals surface area contributed by atoms with E-state index in [1.807, 2.05) is 36.6 Å². The fourth-order valence-corrected chi connectivity index (χ4v) is 4.21. The maximum atomic E-state index is 12.7. The molecule has 0 bridgehead atoms. The number of ketones is 1. The number of fused-ring (bicyclic) bond motifs is 1. The van der Waals surface area contributed by atoms with E-state index in [0.29, 0.717) is 30.9 Å². The van der Waals surface area contributed by atoms with E-state index in [-0.39, 0.29) is 11.9 Å². The molecular formula is C20H19N3O3S. The van der Waals surface area contributed by atoms with Crippen molar-refractivity contribution in [3.05, 3.63) is 59.1 Å². The highest BCUT2D eigenvalue weighted by Crippen LogP contribution is 2.22. The molecule has 2 aromatic heterocycles. The molecule has 0 saturated carbocycles. The monoisotopic (exact) mass is 381 g/mol. The minimum atomic E-state index is -0.534. The van der Waals surface area contributed by atoms with Crippen LogP contribution < -0.4 is 0 Å². The first-order chi connectivity index (χ1) is 13.0. The van der Waals surface area contributed by atoms with E-state index in [0.717, 1.165) is 10.2 Å². The average molecular weight is 381 g/mol. The van der Waals surface area contributed by atoms with Crippen LogP contribution in [0.3, 0.4) is 0 Å². The number of nitrogens with zero attached hydrogens (tertiary/aromatic N) is 2. The number of aromatic amines is 1. The number of rotatable bonds is 3. The Labute approximate surface area is 160 Å². The van der Waals surface area contributed by atoms with Gasteiger partial charge < -0.3 is 14.8 Å². The molecule has 1 fully saturated rings. The molecule has 1 aliphatic rings. The van der Waals surface area contributed by atoms with Gasteiger partial charge in [-0.15, -0.1) is 11.3 Å². The molecule has 1 N–H and O–H groups in total. The van der Waals surface area contributed by atoms with Crippen molar-refractivity contribution in [2.75, 3.05) is 19.6 Å². The summed E-state index contributed by atoms with van der Waals surface area (Å²) in [6.07, 6.45) is 0. The van der Waals surface area contributed by atoms with E-state index in [4.69, 9.17) is 0 Å². The number of carbonyl (C=O) groups is 3. The van der Waals surface area contributed by atoms with Crippen molar-refractivity contribution >= 4 is 39.2 Å². The topological polar surface area (TPSA) is 73.5 Å². The summed E-state index contributed by atoms with van der Waals surface area (Å²) in [6.45, 7) is 3.03. The maximum Gasteiger partial charge on any atom is 0.296 e. The summed E-state index contributed by atoms with van der Waals surface area (Å²) in [6, 6.07) is 12.5. The van der Waals surface area contributed by atoms with Crippen LogP contribution in [0.1, 0.15) is 27.8 Å². The van der Waals surface area contributed by atoms with Gasteiger partial charge >= 0.3 is 0 Å². The summed E-state index contributed by atoms with van der Waals surface area (Å²) in [5.74, 6) is -1.11. The predicted molar refractivity (Wildman–Crippen MR) is 104 cm³/mol. The van der Waals surface area contributed by atoms with Gasteiger partial charge in [-0.25, -0.2) is 0 Å². The molecule has 138 valence electrons. The second kappa shape index (κ2) is 7.00. The number of piperazine rings is 1. The number of amides is 2. The number of carbonyl (C=O) groups excluding carboxylic acids is 3. The molecule has 27 heavy (non-hydrogen) atoms. The Bertz CT molecular complexity index is 979. The molecular weight excluding hydrogens is 362 g/mol. The van der Waals surface area contributed by atoms with E-state index in [1.165, 1.54) is 11.3 Å². The Hall–Kier alpha value is -2.93. The minimum absolute atomic E-state index is 0.0505. The third-order valence-corrected chi connectivity index (χ3v) is 5.74. The number of aromatic nitrogens is 1. The van der Waals surface area contributed by atoms with Gasteiger partial charge in [-0.2, -0.15) is 0 Å². The van der Waals surface area contributed by atoms with Crippen LogP contribution in [0.25, 0.3) is 10.2 Å². The van der Waals surface area contributed by atoms with Gasteiger partial charge in [-0.05, 0) is 36.6 Å². The van der Waals surface area contributed by atoms with Crippen LogP contribution in [-0.4, -0.2) is 58.1 Å². The largest absolute Gasteiger partial charge is 0.351 e. The number of nitrogens with one attached hydrogen (secondary N) is 1. The van der Waals surface area contributed by atoms with Crippen molar-refractivity contribution in [2.45, 2.75) is 13.0 Å². The molecule has 1 aliphatic heterocycles. The highest BCUT2D eigenvalue weighted by Gasteiger charge is 2.33. The predicted octanol–water partition coefficient (Wildman–Crippen LogP) is 2.79. The number of H-pyrrole nitrogens is 1. The second-order valence-corrected chi connectivity index (χ2v) is 7.62. The SMILES string of the molecule is C[C@@H]1CN(C(=O)c2ccccc2)CCN1C(=O)C(=O)c1cc2sccc2[nH]1. The molecule has 1 aromatic carbocycles. The van der Waals surface area contributed by atoms with Crippen molar-refractivity contribution in [3.8, 4) is 0 Å². The Morgan fingerprint density at radius 2 is 1.89 bits per heavy atom. The number of thiophene rings is 1. The molecule has 1 atom stereocenters. The van der Waals surface area contributed by atoms with Crippen molar-refractivity contribution in [2.24, 2.45) is 0 Å². The molecule has 0 unspecified atom stereocenters. The third-order valence-electron chi connectivity index (χ3n) is 4.88. The van der Waals surface area contributed by atoms with Gasteiger partial charge in [0.2, 0.25) is 0 Å². The fourth-order valence-electron chi connectivity index (χ4n) is 3.42. The van der Waals surface area contributed by atoms with Gasteiger partial charge in [-0.3, -0.25) is 14.4 Å². The Balaban J connectivity index is 1.44. The Kier molecular flexibility index (Phi) is 4.53. The van der Waals surface area contributed by atoms with E-state index < -0.39 is 11.7 Å². The molecule has 3 heterocycles. The van der Waals surface area contributed by atoms with Crippen molar-refractivity contribution in [1.29, 1.82) is 0 Å². The van der Waals surface area contributed by atoms with Crippen LogP contribution in [-0.2, 0) is 4.79 Å². The van der Waals surface area contributed by atoms with Gasteiger partial charge in [0.15, 0.2) is 0 Å². The highest BCUT2D eigenvalue weighted by atomic mass is 32.1. The van der Waals surface area contributed by atoms with Gasteiger partial charge in [0, 0.05) is 31.2 Å². The number of hydrogen-bond acceptors (Lipinski definition) is 4. The molecule has 4 rings (SSSR count). The fraction of sp³-hybridized carbons (Fsp3) is 0.250. The molecule has 0 spiro atoms. The second-order valence-electron chi connectivity index (χ2n) is 6.68. The Morgan fingerprint density at radius 3 is 2.59 bits per heavy atom. The lowest BCUT2D eigenvalue weighted by atomic mass is 10.1. The van der Waals surface area contributed by atoms with Crippen molar-refractivity contribution in [3.63, 3.8) is 0 Å². The van der Waals surface area contributed by atoms with E-state index in [9.17, 15) is 14.4 Å². The summed E-state index contributed by atoms with van der Waals surface area (Å²) in [5.41, 5.74) is 1.81. The normalized spacial score (nSPS) is 17.3. The van der Waals surface area contributed by atoms with E-state index in [2.05, 4.69) is 4.98 Å². The number of Topliss-reactive ketones (excluding diaryl/α,β-unsaturated/α-hetero) is 1. The van der Waals surface area contributed by atoms with Crippen LogP contribution >= 0.6 is 11.3 Å². The summed E-state index contributed by atoms with van der Waals surface area (Å²) >= 11 is 1.52. The zero-order chi connectivity index (χ0) is 19.0. The summed E-state index contributed by atoms with van der Waals surface area (Å²) < 4.78 is 0.956. The lowest BCUT2D eigenvalue weighted by Gasteiger charge is -2.39. The molecule has 7 heteroatoms. The minimum Gasteiger partial charge on any atom is -0.351 e. The molecule has 0 radical (unpaired) electrons. The summed E-state index contributed by atoms with van der Waals surface area (Å²) in [4.78, 5) is 44.2. The van der Waals surface area contributed by atoms with Gasteiger partial charge in [0.1, 0.15) is 0 Å². The molecule has 2 amide bonds. The van der Waals surface area contributed by atoms with Crippen LogP contribution in [0.15, 0.2) is 47.8 Å². The van der Waals surface area contributed by atoms with Crippen LogP contribution in [0.2, 0.25) is 0 Å². The first kappa shape index (κ1) is 17.5. The smallest absolute Gasteiger partial charge is 0.296 e. The zero-order valence-electron chi connectivity index (χ0n) is 14.8. The zero-order valence-corrected chi connectivity index (χ0v) is 15.7. The van der Waals surface area contributed by atoms with Crippen molar-refractivity contribution in [1.82, 2.24) is 14.8 Å². The third kappa shape index (κ3) is 3.26.